The third-order valence-electron chi connectivity index (χ3n) is 4.81. The maximum atomic E-state index is 14.6. The van der Waals surface area contributed by atoms with Crippen molar-refractivity contribution in [3.8, 4) is 0 Å². The zero-order valence-electron chi connectivity index (χ0n) is 15.2. The van der Waals surface area contributed by atoms with Crippen LogP contribution in [0.15, 0.2) is 24.9 Å². The summed E-state index contributed by atoms with van der Waals surface area (Å²) >= 11 is 5.83. The van der Waals surface area contributed by atoms with Crippen LogP contribution in [0.3, 0.4) is 0 Å². The summed E-state index contributed by atoms with van der Waals surface area (Å²) in [6.07, 6.45) is 4.65. The number of urea groups is 1. The van der Waals surface area contributed by atoms with Crippen LogP contribution < -0.4 is 16.0 Å². The molecule has 2 rings (SSSR count). The van der Waals surface area contributed by atoms with Crippen molar-refractivity contribution in [2.45, 2.75) is 38.6 Å². The molecule has 0 saturated heterocycles. The van der Waals surface area contributed by atoms with Crippen molar-refractivity contribution in [3.05, 3.63) is 47.1 Å². The molecular formula is C19H24ClF2N3O2. The molecule has 3 amide bonds. The summed E-state index contributed by atoms with van der Waals surface area (Å²) in [5.74, 6) is -2.63. The SMILES string of the molecule is C=CNC(=O)NC[C@@H](C)C(=O)N[C@H](c1c(F)ccc(Cl)c1F)C1CCCC1. The first-order chi connectivity index (χ1) is 12.8. The molecule has 1 aromatic carbocycles. The van der Waals surface area contributed by atoms with Gasteiger partial charge < -0.3 is 16.0 Å². The summed E-state index contributed by atoms with van der Waals surface area (Å²) in [7, 11) is 0. The van der Waals surface area contributed by atoms with Gasteiger partial charge >= 0.3 is 6.03 Å². The Hall–Kier alpha value is -2.15. The standard InChI is InChI=1S/C19H24ClF2N3O2/c1-3-23-19(27)24-10-11(2)18(26)25-17(12-6-4-5-7-12)15-14(21)9-8-13(20)16(15)22/h3,8-9,11-12,17H,1,4-7,10H2,2H3,(H,25,26)(H2,23,24,27)/t11-,17+/m1/s1. The third-order valence-corrected chi connectivity index (χ3v) is 5.10. The maximum absolute atomic E-state index is 14.6. The lowest BCUT2D eigenvalue weighted by Crippen LogP contribution is -2.42. The molecule has 148 valence electrons. The van der Waals surface area contributed by atoms with E-state index in [9.17, 15) is 18.4 Å². The van der Waals surface area contributed by atoms with Crippen LogP contribution in [0.2, 0.25) is 5.02 Å². The van der Waals surface area contributed by atoms with E-state index in [1.54, 1.807) is 6.92 Å². The first-order valence-electron chi connectivity index (χ1n) is 8.94. The van der Waals surface area contributed by atoms with E-state index >= 15 is 0 Å². The fourth-order valence-electron chi connectivity index (χ4n) is 3.32. The fraction of sp³-hybridized carbons (Fsp3) is 0.474. The molecule has 0 spiro atoms. The molecule has 8 heteroatoms. The number of carbonyl (C=O) groups excluding carboxylic acids is 2. The second-order valence-electron chi connectivity index (χ2n) is 6.75. The fourth-order valence-corrected chi connectivity index (χ4v) is 3.49. The smallest absolute Gasteiger partial charge is 0.318 e. The van der Waals surface area contributed by atoms with Gasteiger partial charge in [-0.15, -0.1) is 0 Å². The minimum absolute atomic E-state index is 0.0689. The van der Waals surface area contributed by atoms with Crippen LogP contribution in [0.4, 0.5) is 13.6 Å². The summed E-state index contributed by atoms with van der Waals surface area (Å²) in [6.45, 7) is 5.07. The van der Waals surface area contributed by atoms with E-state index in [4.69, 9.17) is 11.6 Å². The van der Waals surface area contributed by atoms with Crippen LogP contribution in [0, 0.1) is 23.5 Å². The quantitative estimate of drug-likeness (QED) is 0.605. The number of rotatable bonds is 7. The number of nitrogens with one attached hydrogen (secondary N) is 3. The number of halogens is 3. The Kier molecular flexibility index (Phi) is 7.59. The van der Waals surface area contributed by atoms with Crippen molar-refractivity contribution < 1.29 is 18.4 Å². The van der Waals surface area contributed by atoms with E-state index < -0.39 is 35.5 Å². The van der Waals surface area contributed by atoms with E-state index in [1.807, 2.05) is 0 Å². The van der Waals surface area contributed by atoms with Gasteiger partial charge in [0.2, 0.25) is 5.91 Å². The molecule has 0 unspecified atom stereocenters. The lowest BCUT2D eigenvalue weighted by Gasteiger charge is -2.27. The van der Waals surface area contributed by atoms with E-state index in [0.717, 1.165) is 37.8 Å². The molecule has 2 atom stereocenters. The van der Waals surface area contributed by atoms with E-state index in [-0.39, 0.29) is 23.0 Å². The van der Waals surface area contributed by atoms with E-state index in [2.05, 4.69) is 22.5 Å². The second-order valence-corrected chi connectivity index (χ2v) is 7.15. The average molecular weight is 400 g/mol. The third kappa shape index (κ3) is 5.42. The summed E-state index contributed by atoms with van der Waals surface area (Å²) in [5, 5.41) is 7.46. The van der Waals surface area contributed by atoms with Crippen molar-refractivity contribution in [2.24, 2.45) is 11.8 Å². The first kappa shape index (κ1) is 21.2. The van der Waals surface area contributed by atoms with Crippen LogP contribution in [-0.2, 0) is 4.79 Å². The minimum Gasteiger partial charge on any atom is -0.349 e. The predicted molar refractivity (Wildman–Crippen MR) is 100 cm³/mol. The zero-order valence-corrected chi connectivity index (χ0v) is 15.9. The van der Waals surface area contributed by atoms with Gasteiger partial charge in [0.05, 0.1) is 17.0 Å². The summed E-state index contributed by atoms with van der Waals surface area (Å²) < 4.78 is 29.0. The van der Waals surface area contributed by atoms with Gasteiger partial charge in [0.15, 0.2) is 0 Å². The van der Waals surface area contributed by atoms with Gasteiger partial charge in [0.25, 0.3) is 0 Å². The average Bonchev–Trinajstić information content (AvgIpc) is 3.16. The lowest BCUT2D eigenvalue weighted by atomic mass is 9.90. The van der Waals surface area contributed by atoms with Crippen LogP contribution in [0.5, 0.6) is 0 Å². The summed E-state index contributed by atoms with van der Waals surface area (Å²) in [6, 6.07) is 0.986. The van der Waals surface area contributed by atoms with Crippen LogP contribution in [0.25, 0.3) is 0 Å². The molecule has 1 saturated carbocycles. The molecular weight excluding hydrogens is 376 g/mol. The Morgan fingerprint density at radius 1 is 1.33 bits per heavy atom. The number of benzene rings is 1. The van der Waals surface area contributed by atoms with Crippen molar-refractivity contribution in [3.63, 3.8) is 0 Å². The highest BCUT2D eigenvalue weighted by Crippen LogP contribution is 2.39. The summed E-state index contributed by atoms with van der Waals surface area (Å²) in [5.41, 5.74) is -0.202. The van der Waals surface area contributed by atoms with Gasteiger partial charge in [-0.25, -0.2) is 13.6 Å². The highest BCUT2D eigenvalue weighted by Gasteiger charge is 2.33. The molecule has 27 heavy (non-hydrogen) atoms. The van der Waals surface area contributed by atoms with Crippen LogP contribution in [0.1, 0.15) is 44.2 Å². The highest BCUT2D eigenvalue weighted by atomic mass is 35.5. The number of carbonyl (C=O) groups is 2. The van der Waals surface area contributed by atoms with Gasteiger partial charge in [0, 0.05) is 12.1 Å². The van der Waals surface area contributed by atoms with Crippen molar-refractivity contribution in [1.82, 2.24) is 16.0 Å². The second kappa shape index (κ2) is 9.69. The van der Waals surface area contributed by atoms with Crippen molar-refractivity contribution >= 4 is 23.5 Å². The Bertz CT molecular complexity index is 708. The first-order valence-corrected chi connectivity index (χ1v) is 9.32. The van der Waals surface area contributed by atoms with Gasteiger partial charge in [-0.3, -0.25) is 4.79 Å². The largest absolute Gasteiger partial charge is 0.349 e. The van der Waals surface area contributed by atoms with E-state index in [1.165, 1.54) is 6.20 Å². The Labute approximate surface area is 162 Å². The molecule has 1 aliphatic carbocycles. The number of hydrogen-bond acceptors (Lipinski definition) is 2. The van der Waals surface area contributed by atoms with Gasteiger partial charge in [-0.1, -0.05) is 37.9 Å². The van der Waals surface area contributed by atoms with Crippen molar-refractivity contribution in [1.29, 1.82) is 0 Å². The number of amides is 3. The van der Waals surface area contributed by atoms with Crippen LogP contribution in [-0.4, -0.2) is 18.5 Å². The molecule has 1 aliphatic rings. The van der Waals surface area contributed by atoms with Gasteiger partial charge in [-0.2, -0.15) is 0 Å². The highest BCUT2D eigenvalue weighted by molar-refractivity contribution is 6.30. The molecule has 0 bridgehead atoms. The van der Waals surface area contributed by atoms with Gasteiger partial charge in [-0.05, 0) is 37.1 Å². The number of hydrogen-bond donors (Lipinski definition) is 3. The summed E-state index contributed by atoms with van der Waals surface area (Å²) in [4.78, 5) is 24.0. The minimum atomic E-state index is -0.843. The Balaban J connectivity index is 2.16. The van der Waals surface area contributed by atoms with Gasteiger partial charge in [0.1, 0.15) is 11.6 Å². The molecule has 1 aromatic rings. The molecule has 5 nitrogen and oxygen atoms in total. The Morgan fingerprint density at radius 3 is 2.63 bits per heavy atom. The van der Waals surface area contributed by atoms with E-state index in [0.29, 0.717) is 0 Å². The van der Waals surface area contributed by atoms with Crippen molar-refractivity contribution in [2.75, 3.05) is 6.54 Å². The molecule has 1 fully saturated rings. The molecule has 3 N–H and O–H groups in total. The molecule has 0 aliphatic heterocycles. The maximum Gasteiger partial charge on any atom is 0.318 e. The molecule has 0 aromatic heterocycles. The zero-order chi connectivity index (χ0) is 20.0. The topological polar surface area (TPSA) is 70.2 Å². The predicted octanol–water partition coefficient (Wildman–Crippen LogP) is 4.04. The lowest BCUT2D eigenvalue weighted by molar-refractivity contribution is -0.125. The Morgan fingerprint density at radius 2 is 2.00 bits per heavy atom. The molecule has 0 radical (unpaired) electrons. The monoisotopic (exact) mass is 399 g/mol. The van der Waals surface area contributed by atoms with Crippen LogP contribution >= 0.6 is 11.6 Å². The molecule has 0 heterocycles. The normalized spacial score (nSPS) is 16.4.